The van der Waals surface area contributed by atoms with Gasteiger partial charge in [-0.1, -0.05) is 25.1 Å². The number of rotatable bonds is 7. The Hall–Kier alpha value is -1.14. The first-order valence-electron chi connectivity index (χ1n) is 7.70. The van der Waals surface area contributed by atoms with E-state index in [1.54, 1.807) is 6.07 Å². The zero-order valence-electron chi connectivity index (χ0n) is 12.7. The molecule has 5 heteroatoms. The number of hydrogen-bond acceptors (Lipinski definition) is 5. The van der Waals surface area contributed by atoms with Gasteiger partial charge in [-0.2, -0.15) is 0 Å². The van der Waals surface area contributed by atoms with Crippen molar-refractivity contribution in [1.82, 2.24) is 10.2 Å². The number of hydrogen-bond donors (Lipinski definition) is 3. The highest BCUT2D eigenvalue weighted by Gasteiger charge is 2.17. The topological polar surface area (TPSA) is 65.0 Å². The summed E-state index contributed by atoms with van der Waals surface area (Å²) in [5.74, 6) is 0.305. The number of phenols is 1. The van der Waals surface area contributed by atoms with Crippen molar-refractivity contribution in [2.75, 3.05) is 39.4 Å². The van der Waals surface area contributed by atoms with E-state index in [-0.39, 0.29) is 6.04 Å². The molecule has 1 aromatic carbocycles. The Morgan fingerprint density at radius 2 is 2.00 bits per heavy atom. The molecule has 1 saturated heterocycles. The van der Waals surface area contributed by atoms with Gasteiger partial charge in [0, 0.05) is 37.8 Å². The van der Waals surface area contributed by atoms with Gasteiger partial charge in [0.05, 0.1) is 19.3 Å². The minimum Gasteiger partial charge on any atom is -0.508 e. The smallest absolute Gasteiger partial charge is 0.120 e. The van der Waals surface area contributed by atoms with Crippen LogP contribution in [0.3, 0.4) is 0 Å². The van der Waals surface area contributed by atoms with Crippen LogP contribution in [-0.2, 0) is 4.74 Å². The Balaban J connectivity index is 1.81. The van der Waals surface area contributed by atoms with Crippen LogP contribution in [0.25, 0.3) is 0 Å². The summed E-state index contributed by atoms with van der Waals surface area (Å²) < 4.78 is 5.30. The van der Waals surface area contributed by atoms with Crippen LogP contribution in [0.2, 0.25) is 0 Å². The van der Waals surface area contributed by atoms with E-state index in [0.717, 1.165) is 38.3 Å². The predicted octanol–water partition coefficient (Wildman–Crippen LogP) is 1.13. The predicted molar refractivity (Wildman–Crippen MR) is 82.4 cm³/mol. The molecule has 3 N–H and O–H groups in total. The van der Waals surface area contributed by atoms with Gasteiger partial charge in [0.2, 0.25) is 0 Å². The zero-order valence-corrected chi connectivity index (χ0v) is 12.7. The molecule has 0 spiro atoms. The van der Waals surface area contributed by atoms with Gasteiger partial charge in [-0.25, -0.2) is 0 Å². The lowest BCUT2D eigenvalue weighted by Crippen LogP contribution is -2.44. The molecule has 21 heavy (non-hydrogen) atoms. The third kappa shape index (κ3) is 4.97. The van der Waals surface area contributed by atoms with Crippen molar-refractivity contribution in [3.8, 4) is 5.75 Å². The number of morpholine rings is 1. The zero-order chi connectivity index (χ0) is 15.1. The molecule has 0 amide bonds. The highest BCUT2D eigenvalue weighted by Crippen LogP contribution is 2.25. The highest BCUT2D eigenvalue weighted by molar-refractivity contribution is 5.34. The maximum Gasteiger partial charge on any atom is 0.120 e. The van der Waals surface area contributed by atoms with Gasteiger partial charge in [-0.15, -0.1) is 0 Å². The van der Waals surface area contributed by atoms with Gasteiger partial charge in [0.1, 0.15) is 5.75 Å². The molecule has 1 fully saturated rings. The molecule has 0 bridgehead atoms. The molecule has 0 radical (unpaired) electrons. The minimum atomic E-state index is -0.414. The molecule has 0 aliphatic carbocycles. The Kier molecular flexibility index (Phi) is 6.45. The molecular formula is C16H26N2O3. The van der Waals surface area contributed by atoms with Gasteiger partial charge in [-0.05, 0) is 12.5 Å². The van der Waals surface area contributed by atoms with E-state index >= 15 is 0 Å². The third-order valence-electron chi connectivity index (χ3n) is 3.89. The number of aliphatic hydroxyl groups excluding tert-OH is 1. The standard InChI is InChI=1S/C16H26N2O3/c1-2-15(14-5-3-4-6-16(14)20)17-11-13(19)12-18-7-9-21-10-8-18/h3-6,13,15,17,19-20H,2,7-12H2,1H3. The van der Waals surface area contributed by atoms with E-state index in [0.29, 0.717) is 18.8 Å². The summed E-state index contributed by atoms with van der Waals surface area (Å²) in [6.45, 7) is 6.50. The van der Waals surface area contributed by atoms with Crippen LogP contribution in [0.5, 0.6) is 5.75 Å². The number of ether oxygens (including phenoxy) is 1. The first-order chi connectivity index (χ1) is 10.2. The van der Waals surface area contributed by atoms with Crippen LogP contribution in [0.4, 0.5) is 0 Å². The molecule has 1 aliphatic rings. The second-order valence-corrected chi connectivity index (χ2v) is 5.49. The Labute approximate surface area is 126 Å². The maximum atomic E-state index is 10.2. The number of β-amino-alcohol motifs (C(OH)–C–C–N with tert-alkyl or cyclic N) is 1. The largest absolute Gasteiger partial charge is 0.508 e. The van der Waals surface area contributed by atoms with Gasteiger partial charge in [-0.3, -0.25) is 4.90 Å². The fourth-order valence-corrected chi connectivity index (χ4v) is 2.68. The molecule has 2 atom stereocenters. The van der Waals surface area contributed by atoms with E-state index in [1.165, 1.54) is 0 Å². The van der Waals surface area contributed by atoms with Crippen molar-refractivity contribution in [2.45, 2.75) is 25.5 Å². The van der Waals surface area contributed by atoms with Crippen molar-refractivity contribution in [1.29, 1.82) is 0 Å². The van der Waals surface area contributed by atoms with Gasteiger partial charge in [0.15, 0.2) is 0 Å². The molecular weight excluding hydrogens is 268 g/mol. The summed E-state index contributed by atoms with van der Waals surface area (Å²) in [5, 5.41) is 23.4. The number of nitrogens with one attached hydrogen (secondary N) is 1. The van der Waals surface area contributed by atoms with Crippen molar-refractivity contribution in [2.24, 2.45) is 0 Å². The van der Waals surface area contributed by atoms with E-state index in [9.17, 15) is 10.2 Å². The van der Waals surface area contributed by atoms with E-state index in [2.05, 4.69) is 17.1 Å². The summed E-state index contributed by atoms with van der Waals surface area (Å²) in [7, 11) is 0. The summed E-state index contributed by atoms with van der Waals surface area (Å²) in [5.41, 5.74) is 0.888. The normalized spacial score (nSPS) is 19.3. The van der Waals surface area contributed by atoms with Crippen LogP contribution in [-0.4, -0.2) is 60.6 Å². The fourth-order valence-electron chi connectivity index (χ4n) is 2.68. The third-order valence-corrected chi connectivity index (χ3v) is 3.89. The molecule has 1 aromatic rings. The van der Waals surface area contributed by atoms with Crippen molar-refractivity contribution < 1.29 is 14.9 Å². The first kappa shape index (κ1) is 16.2. The minimum absolute atomic E-state index is 0.0607. The molecule has 0 aromatic heterocycles. The molecule has 5 nitrogen and oxygen atoms in total. The number of aliphatic hydroxyl groups is 1. The molecule has 118 valence electrons. The lowest BCUT2D eigenvalue weighted by Gasteiger charge is -2.29. The summed E-state index contributed by atoms with van der Waals surface area (Å²) in [6.07, 6.45) is 0.449. The quantitative estimate of drug-likeness (QED) is 0.703. The number of phenolic OH excluding ortho intramolecular Hbond substituents is 1. The van der Waals surface area contributed by atoms with Crippen LogP contribution in [0.1, 0.15) is 24.9 Å². The number of para-hydroxylation sites is 1. The summed E-state index contributed by atoms with van der Waals surface area (Å²) in [4.78, 5) is 2.22. The Bertz CT molecular complexity index is 422. The summed E-state index contributed by atoms with van der Waals surface area (Å²) >= 11 is 0. The second kappa shape index (κ2) is 8.34. The van der Waals surface area contributed by atoms with Crippen LogP contribution in [0.15, 0.2) is 24.3 Å². The molecule has 1 aliphatic heterocycles. The average molecular weight is 294 g/mol. The number of aromatic hydroxyl groups is 1. The van der Waals surface area contributed by atoms with Crippen LogP contribution in [0, 0.1) is 0 Å². The Morgan fingerprint density at radius 1 is 1.29 bits per heavy atom. The molecule has 2 rings (SSSR count). The maximum absolute atomic E-state index is 10.2. The van der Waals surface area contributed by atoms with Gasteiger partial charge < -0.3 is 20.3 Å². The lowest BCUT2D eigenvalue weighted by atomic mass is 10.0. The molecule has 0 saturated carbocycles. The SMILES string of the molecule is CCC(NCC(O)CN1CCOCC1)c1ccccc1O. The first-order valence-corrected chi connectivity index (χ1v) is 7.70. The molecule has 2 unspecified atom stereocenters. The van der Waals surface area contributed by atoms with Crippen molar-refractivity contribution in [3.63, 3.8) is 0 Å². The van der Waals surface area contributed by atoms with E-state index < -0.39 is 6.10 Å². The second-order valence-electron chi connectivity index (χ2n) is 5.49. The van der Waals surface area contributed by atoms with E-state index in [4.69, 9.17) is 4.74 Å². The van der Waals surface area contributed by atoms with E-state index in [1.807, 2.05) is 18.2 Å². The molecule has 1 heterocycles. The average Bonchev–Trinajstić information content (AvgIpc) is 2.50. The van der Waals surface area contributed by atoms with Gasteiger partial charge in [0.25, 0.3) is 0 Å². The van der Waals surface area contributed by atoms with Crippen LogP contribution >= 0.6 is 0 Å². The summed E-state index contributed by atoms with van der Waals surface area (Å²) in [6, 6.07) is 7.42. The fraction of sp³-hybridized carbons (Fsp3) is 0.625. The lowest BCUT2D eigenvalue weighted by molar-refractivity contribution is 0.0144. The monoisotopic (exact) mass is 294 g/mol. The Morgan fingerprint density at radius 3 is 2.67 bits per heavy atom. The van der Waals surface area contributed by atoms with Gasteiger partial charge >= 0.3 is 0 Å². The van der Waals surface area contributed by atoms with Crippen LogP contribution < -0.4 is 5.32 Å². The van der Waals surface area contributed by atoms with Crippen molar-refractivity contribution >= 4 is 0 Å². The highest BCUT2D eigenvalue weighted by atomic mass is 16.5. The number of benzene rings is 1. The number of nitrogens with zero attached hydrogens (tertiary/aromatic N) is 1. The van der Waals surface area contributed by atoms with Crippen molar-refractivity contribution in [3.05, 3.63) is 29.8 Å².